The third kappa shape index (κ3) is 4.97. The highest BCUT2D eigenvalue weighted by molar-refractivity contribution is 5.78. The van der Waals surface area contributed by atoms with Crippen LogP contribution in [-0.4, -0.2) is 37.0 Å². The average Bonchev–Trinajstić information content (AvgIpc) is 2.30. The Morgan fingerprint density at radius 3 is 2.22 bits per heavy atom. The van der Waals surface area contributed by atoms with Crippen LogP contribution in [0.3, 0.4) is 0 Å². The first-order chi connectivity index (χ1) is 8.40. The van der Waals surface area contributed by atoms with Crippen molar-refractivity contribution in [3.8, 4) is 0 Å². The van der Waals surface area contributed by atoms with Gasteiger partial charge in [0.05, 0.1) is 0 Å². The van der Waals surface area contributed by atoms with Crippen LogP contribution in [0.15, 0.2) is 0 Å². The molecule has 106 valence electrons. The number of nitrogens with one attached hydrogen (secondary N) is 1. The number of likely N-dealkylation sites (tertiary alicyclic amines) is 1. The van der Waals surface area contributed by atoms with E-state index in [1.807, 2.05) is 13.8 Å². The van der Waals surface area contributed by atoms with E-state index in [0.717, 1.165) is 12.3 Å². The Hall–Kier alpha value is -0.570. The normalized spacial score (nSPS) is 20.4. The van der Waals surface area contributed by atoms with Gasteiger partial charge in [0.2, 0.25) is 5.91 Å². The second kappa shape index (κ2) is 7.13. The molecule has 1 rings (SSSR count). The monoisotopic (exact) mass is 254 g/mol. The highest BCUT2D eigenvalue weighted by Crippen LogP contribution is 2.23. The van der Waals surface area contributed by atoms with Crippen molar-refractivity contribution in [2.24, 2.45) is 17.8 Å². The molecule has 0 aromatic carbocycles. The van der Waals surface area contributed by atoms with Gasteiger partial charge in [-0.1, -0.05) is 27.7 Å². The second-order valence-corrected chi connectivity index (χ2v) is 6.50. The maximum absolute atomic E-state index is 11.8. The summed E-state index contributed by atoms with van der Waals surface area (Å²) in [6, 6.07) is 0.341. The lowest BCUT2D eigenvalue weighted by atomic mass is 9.86. The molecule has 0 saturated carbocycles. The van der Waals surface area contributed by atoms with Gasteiger partial charge >= 0.3 is 0 Å². The SMILES string of the molecule is CC(C)C(=O)N[C@@H](CC1CCN(C)CC1)C(C)C. The topological polar surface area (TPSA) is 32.3 Å². The third-order valence-electron chi connectivity index (χ3n) is 4.08. The highest BCUT2D eigenvalue weighted by Gasteiger charge is 2.24. The van der Waals surface area contributed by atoms with Crippen LogP contribution in [0, 0.1) is 17.8 Å². The highest BCUT2D eigenvalue weighted by atomic mass is 16.1. The second-order valence-electron chi connectivity index (χ2n) is 6.50. The van der Waals surface area contributed by atoms with Crippen LogP contribution >= 0.6 is 0 Å². The van der Waals surface area contributed by atoms with Gasteiger partial charge in [0, 0.05) is 12.0 Å². The predicted molar refractivity (Wildman–Crippen MR) is 76.4 cm³/mol. The summed E-state index contributed by atoms with van der Waals surface area (Å²) in [5.41, 5.74) is 0. The van der Waals surface area contributed by atoms with Crippen LogP contribution in [0.25, 0.3) is 0 Å². The van der Waals surface area contributed by atoms with E-state index in [9.17, 15) is 4.79 Å². The molecule has 1 heterocycles. The smallest absolute Gasteiger partial charge is 0.222 e. The lowest BCUT2D eigenvalue weighted by molar-refractivity contribution is -0.125. The molecule has 1 N–H and O–H groups in total. The summed E-state index contributed by atoms with van der Waals surface area (Å²) >= 11 is 0. The zero-order valence-electron chi connectivity index (χ0n) is 12.7. The maximum Gasteiger partial charge on any atom is 0.222 e. The Morgan fingerprint density at radius 2 is 1.78 bits per heavy atom. The molecule has 0 aliphatic carbocycles. The van der Waals surface area contributed by atoms with Crippen LogP contribution in [0.5, 0.6) is 0 Å². The number of hydrogen-bond acceptors (Lipinski definition) is 2. The molecule has 1 saturated heterocycles. The van der Waals surface area contributed by atoms with Gasteiger partial charge in [-0.25, -0.2) is 0 Å². The minimum Gasteiger partial charge on any atom is -0.353 e. The van der Waals surface area contributed by atoms with E-state index in [2.05, 4.69) is 31.1 Å². The van der Waals surface area contributed by atoms with Crippen molar-refractivity contribution in [1.29, 1.82) is 0 Å². The number of nitrogens with zero attached hydrogens (tertiary/aromatic N) is 1. The zero-order valence-corrected chi connectivity index (χ0v) is 12.7. The Labute approximate surface area is 112 Å². The first-order valence-corrected chi connectivity index (χ1v) is 7.39. The van der Waals surface area contributed by atoms with Gasteiger partial charge in [0.15, 0.2) is 0 Å². The summed E-state index contributed by atoms with van der Waals surface area (Å²) in [6.07, 6.45) is 3.69. The summed E-state index contributed by atoms with van der Waals surface area (Å²) in [5.74, 6) is 1.58. The fourth-order valence-corrected chi connectivity index (χ4v) is 2.50. The van der Waals surface area contributed by atoms with Crippen molar-refractivity contribution in [3.63, 3.8) is 0 Å². The van der Waals surface area contributed by atoms with E-state index in [1.165, 1.54) is 25.9 Å². The summed E-state index contributed by atoms with van der Waals surface area (Å²) in [4.78, 5) is 14.2. The molecule has 0 unspecified atom stereocenters. The van der Waals surface area contributed by atoms with Crippen LogP contribution in [0.4, 0.5) is 0 Å². The lowest BCUT2D eigenvalue weighted by Gasteiger charge is -2.33. The standard InChI is InChI=1S/C15H30N2O/c1-11(2)14(16-15(18)12(3)4)10-13-6-8-17(5)9-7-13/h11-14H,6-10H2,1-5H3,(H,16,18)/t14-/m0/s1. The molecule has 1 atom stereocenters. The Balaban J connectivity index is 2.45. The van der Waals surface area contributed by atoms with E-state index in [-0.39, 0.29) is 11.8 Å². The largest absolute Gasteiger partial charge is 0.353 e. The fraction of sp³-hybridized carbons (Fsp3) is 0.933. The van der Waals surface area contributed by atoms with Crippen molar-refractivity contribution in [1.82, 2.24) is 10.2 Å². The number of rotatable bonds is 5. The molecule has 0 aromatic rings. The molecule has 1 aliphatic rings. The van der Waals surface area contributed by atoms with Crippen LogP contribution in [0.1, 0.15) is 47.0 Å². The van der Waals surface area contributed by atoms with Gasteiger partial charge in [-0.2, -0.15) is 0 Å². The number of carbonyl (C=O) groups excluding carboxylic acids is 1. The van der Waals surface area contributed by atoms with Gasteiger partial charge in [0.25, 0.3) is 0 Å². The summed E-state index contributed by atoms with van der Waals surface area (Å²) in [7, 11) is 2.19. The van der Waals surface area contributed by atoms with Gasteiger partial charge in [-0.3, -0.25) is 4.79 Å². The molecule has 1 amide bonds. The zero-order chi connectivity index (χ0) is 13.7. The third-order valence-corrected chi connectivity index (χ3v) is 4.08. The molecule has 0 spiro atoms. The van der Waals surface area contributed by atoms with Gasteiger partial charge in [0.1, 0.15) is 0 Å². The summed E-state index contributed by atoms with van der Waals surface area (Å²) in [6.45, 7) is 10.7. The lowest BCUT2D eigenvalue weighted by Crippen LogP contribution is -2.43. The average molecular weight is 254 g/mol. The van der Waals surface area contributed by atoms with Crippen LogP contribution < -0.4 is 5.32 Å². The van der Waals surface area contributed by atoms with E-state index in [0.29, 0.717) is 12.0 Å². The van der Waals surface area contributed by atoms with E-state index >= 15 is 0 Å². The number of amides is 1. The Kier molecular flexibility index (Phi) is 6.13. The van der Waals surface area contributed by atoms with Crippen molar-refractivity contribution in [3.05, 3.63) is 0 Å². The number of carbonyl (C=O) groups is 1. The maximum atomic E-state index is 11.8. The molecule has 18 heavy (non-hydrogen) atoms. The quantitative estimate of drug-likeness (QED) is 0.817. The van der Waals surface area contributed by atoms with E-state index < -0.39 is 0 Å². The summed E-state index contributed by atoms with van der Waals surface area (Å²) < 4.78 is 0. The van der Waals surface area contributed by atoms with Crippen LogP contribution in [-0.2, 0) is 4.79 Å². The van der Waals surface area contributed by atoms with E-state index in [4.69, 9.17) is 0 Å². The minimum absolute atomic E-state index is 0.0868. The first kappa shape index (κ1) is 15.5. The van der Waals surface area contributed by atoms with Crippen LogP contribution in [0.2, 0.25) is 0 Å². The number of hydrogen-bond donors (Lipinski definition) is 1. The number of piperidine rings is 1. The van der Waals surface area contributed by atoms with Crippen molar-refractivity contribution < 1.29 is 4.79 Å². The van der Waals surface area contributed by atoms with Crippen molar-refractivity contribution in [2.45, 2.75) is 53.0 Å². The molecule has 0 radical (unpaired) electrons. The Bertz CT molecular complexity index is 255. The van der Waals surface area contributed by atoms with Gasteiger partial charge < -0.3 is 10.2 Å². The molecular weight excluding hydrogens is 224 g/mol. The van der Waals surface area contributed by atoms with Crippen molar-refractivity contribution >= 4 is 5.91 Å². The fourth-order valence-electron chi connectivity index (χ4n) is 2.50. The first-order valence-electron chi connectivity index (χ1n) is 7.39. The minimum atomic E-state index is 0.0868. The molecule has 1 fully saturated rings. The molecule has 3 heteroatoms. The molecule has 3 nitrogen and oxygen atoms in total. The molecule has 0 aromatic heterocycles. The van der Waals surface area contributed by atoms with Crippen molar-refractivity contribution in [2.75, 3.05) is 20.1 Å². The molecule has 0 bridgehead atoms. The molecular formula is C15H30N2O. The summed E-state index contributed by atoms with van der Waals surface area (Å²) in [5, 5.41) is 3.22. The molecule has 1 aliphatic heterocycles. The van der Waals surface area contributed by atoms with E-state index in [1.54, 1.807) is 0 Å². The predicted octanol–water partition coefficient (Wildman–Crippen LogP) is 2.52. The van der Waals surface area contributed by atoms with Gasteiger partial charge in [-0.15, -0.1) is 0 Å². The van der Waals surface area contributed by atoms with Gasteiger partial charge in [-0.05, 0) is 51.2 Å². The Morgan fingerprint density at radius 1 is 1.22 bits per heavy atom.